The Balaban J connectivity index is 2.73. The molecule has 0 atom stereocenters. The molecule has 1 aromatic rings. The Kier molecular flexibility index (Phi) is 2.91. The summed E-state index contributed by atoms with van der Waals surface area (Å²) >= 11 is 14.2. The Morgan fingerprint density at radius 3 is 2.86 bits per heavy atom. The Hall–Kier alpha value is -0.0000000000000000555. The summed E-state index contributed by atoms with van der Waals surface area (Å²) in [7, 11) is 0. The minimum Gasteiger partial charge on any atom is -0.352 e. The number of carbonyl (C=O) groups excluding carboxylic acids is 1. The summed E-state index contributed by atoms with van der Waals surface area (Å²) in [5.74, 6) is -0.128. The van der Waals surface area contributed by atoms with E-state index in [-0.39, 0.29) is 5.91 Å². The fourth-order valence-electron chi connectivity index (χ4n) is 1.50. The molecule has 0 unspecified atom stereocenters. The molecule has 14 heavy (non-hydrogen) atoms. The average molecular weight is 342 g/mol. The smallest absolute Gasteiger partial charge is 0.253 e. The fourth-order valence-corrected chi connectivity index (χ4v) is 2.82. The molecule has 0 bridgehead atoms. The average Bonchev–Trinajstić information content (AvgIpc) is 2.14. The molecule has 0 radical (unpaired) electrons. The first kappa shape index (κ1) is 10.5. The van der Waals surface area contributed by atoms with Gasteiger partial charge < -0.3 is 5.32 Å². The number of benzene rings is 1. The van der Waals surface area contributed by atoms with E-state index in [1.54, 1.807) is 6.07 Å². The minimum atomic E-state index is -0.128. The van der Waals surface area contributed by atoms with Crippen molar-refractivity contribution in [1.82, 2.24) is 5.32 Å². The maximum absolute atomic E-state index is 11.6. The quantitative estimate of drug-likeness (QED) is 0.570. The maximum Gasteiger partial charge on any atom is 0.253 e. The van der Waals surface area contributed by atoms with Crippen LogP contribution < -0.4 is 5.32 Å². The fraction of sp³-hybridized carbons (Fsp3) is 0.222. The molecule has 0 saturated heterocycles. The van der Waals surface area contributed by atoms with Crippen LogP contribution in [0, 0.1) is 3.57 Å². The van der Waals surface area contributed by atoms with Gasteiger partial charge in [0.1, 0.15) is 0 Å². The van der Waals surface area contributed by atoms with Crippen LogP contribution in [0.5, 0.6) is 0 Å². The molecule has 1 amide bonds. The van der Waals surface area contributed by atoms with Gasteiger partial charge in [-0.15, -0.1) is 0 Å². The number of rotatable bonds is 0. The Labute approximate surface area is 105 Å². The first-order valence-electron chi connectivity index (χ1n) is 4.06. The van der Waals surface area contributed by atoms with Gasteiger partial charge in [0.2, 0.25) is 0 Å². The summed E-state index contributed by atoms with van der Waals surface area (Å²) in [5.41, 5.74) is 1.40. The molecule has 5 heteroatoms. The van der Waals surface area contributed by atoms with E-state index in [0.29, 0.717) is 22.2 Å². The van der Waals surface area contributed by atoms with E-state index in [0.717, 1.165) is 15.6 Å². The van der Waals surface area contributed by atoms with Crippen molar-refractivity contribution in [1.29, 1.82) is 0 Å². The lowest BCUT2D eigenvalue weighted by Gasteiger charge is -2.19. The number of nitrogens with one attached hydrogen (secondary N) is 1. The first-order valence-corrected chi connectivity index (χ1v) is 5.89. The highest BCUT2D eigenvalue weighted by molar-refractivity contribution is 14.1. The van der Waals surface area contributed by atoms with E-state index < -0.39 is 0 Å². The van der Waals surface area contributed by atoms with Gasteiger partial charge in [-0.25, -0.2) is 0 Å². The van der Waals surface area contributed by atoms with Crippen LogP contribution in [0.2, 0.25) is 10.0 Å². The molecule has 1 heterocycles. The summed E-state index contributed by atoms with van der Waals surface area (Å²) in [6, 6.07) is 1.79. The van der Waals surface area contributed by atoms with Crippen molar-refractivity contribution in [2.45, 2.75) is 6.42 Å². The number of amides is 1. The van der Waals surface area contributed by atoms with Gasteiger partial charge in [0.25, 0.3) is 5.91 Å². The van der Waals surface area contributed by atoms with Gasteiger partial charge in [-0.3, -0.25) is 4.79 Å². The molecule has 0 saturated carbocycles. The topological polar surface area (TPSA) is 29.1 Å². The molecule has 1 aliphatic rings. The van der Waals surface area contributed by atoms with Gasteiger partial charge in [-0.05, 0) is 40.6 Å². The van der Waals surface area contributed by atoms with Crippen LogP contribution in [0.4, 0.5) is 0 Å². The van der Waals surface area contributed by atoms with E-state index in [1.165, 1.54) is 0 Å². The Morgan fingerprint density at radius 2 is 2.14 bits per heavy atom. The molecule has 0 fully saturated rings. The lowest BCUT2D eigenvalue weighted by Crippen LogP contribution is -2.32. The largest absolute Gasteiger partial charge is 0.352 e. The van der Waals surface area contributed by atoms with Crippen LogP contribution in [-0.2, 0) is 6.42 Å². The summed E-state index contributed by atoms with van der Waals surface area (Å²) in [6.45, 7) is 0.627. The zero-order valence-electron chi connectivity index (χ0n) is 7.03. The third kappa shape index (κ3) is 1.61. The third-order valence-corrected chi connectivity index (χ3v) is 4.06. The number of carbonyl (C=O) groups is 1. The van der Waals surface area contributed by atoms with Crippen LogP contribution in [0.25, 0.3) is 0 Å². The molecule has 0 aromatic heterocycles. The van der Waals surface area contributed by atoms with Crippen molar-refractivity contribution in [3.05, 3.63) is 30.8 Å². The summed E-state index contributed by atoms with van der Waals surface area (Å²) in [6.07, 6.45) is 0.747. The second-order valence-electron chi connectivity index (χ2n) is 3.01. The molecule has 1 aromatic carbocycles. The molecule has 2 rings (SSSR count). The van der Waals surface area contributed by atoms with Crippen LogP contribution in [0.1, 0.15) is 15.9 Å². The van der Waals surface area contributed by atoms with Crippen LogP contribution >= 0.6 is 45.8 Å². The van der Waals surface area contributed by atoms with Gasteiger partial charge >= 0.3 is 0 Å². The van der Waals surface area contributed by atoms with E-state index in [2.05, 4.69) is 27.9 Å². The molecular formula is C9H6Cl2INO. The zero-order chi connectivity index (χ0) is 10.3. The molecule has 1 N–H and O–H groups in total. The number of halogens is 3. The number of hydrogen-bond donors (Lipinski definition) is 1. The highest BCUT2D eigenvalue weighted by atomic mass is 127. The van der Waals surface area contributed by atoms with Crippen molar-refractivity contribution < 1.29 is 4.79 Å². The van der Waals surface area contributed by atoms with E-state index in [1.807, 2.05) is 0 Å². The van der Waals surface area contributed by atoms with Crippen molar-refractivity contribution in [2.24, 2.45) is 0 Å². The number of hydrogen-bond acceptors (Lipinski definition) is 1. The third-order valence-electron chi connectivity index (χ3n) is 2.16. The maximum atomic E-state index is 11.6. The van der Waals surface area contributed by atoms with Crippen LogP contribution in [0.3, 0.4) is 0 Å². The predicted octanol–water partition coefficient (Wildman–Crippen LogP) is 2.88. The molecular weight excluding hydrogens is 336 g/mol. The second-order valence-corrected chi connectivity index (χ2v) is 4.96. The second kappa shape index (κ2) is 3.87. The Morgan fingerprint density at radius 1 is 1.43 bits per heavy atom. The highest BCUT2D eigenvalue weighted by Gasteiger charge is 2.23. The van der Waals surface area contributed by atoms with E-state index in [9.17, 15) is 4.79 Å². The standard InChI is InChI=1S/C9H6Cl2INO/c10-5-3-6(12)8(11)7-4(5)1-2-13-9(7)14/h3H,1-2H2,(H,13,14). The molecule has 74 valence electrons. The normalized spacial score (nSPS) is 14.9. The van der Waals surface area contributed by atoms with Crippen molar-refractivity contribution >= 4 is 51.7 Å². The van der Waals surface area contributed by atoms with Crippen LogP contribution in [0.15, 0.2) is 6.07 Å². The molecule has 0 spiro atoms. The SMILES string of the molecule is O=C1NCCc2c(Cl)cc(I)c(Cl)c21. The van der Waals surface area contributed by atoms with Gasteiger partial charge in [0, 0.05) is 15.1 Å². The van der Waals surface area contributed by atoms with Gasteiger partial charge in [0.15, 0.2) is 0 Å². The summed E-state index contributed by atoms with van der Waals surface area (Å²) < 4.78 is 0.810. The van der Waals surface area contributed by atoms with Gasteiger partial charge in [-0.2, -0.15) is 0 Å². The molecule has 1 aliphatic heterocycles. The lowest BCUT2D eigenvalue weighted by molar-refractivity contribution is 0.0946. The van der Waals surface area contributed by atoms with E-state index in [4.69, 9.17) is 23.2 Å². The zero-order valence-corrected chi connectivity index (χ0v) is 10.7. The first-order chi connectivity index (χ1) is 6.61. The monoisotopic (exact) mass is 341 g/mol. The van der Waals surface area contributed by atoms with Crippen LogP contribution in [-0.4, -0.2) is 12.5 Å². The minimum absolute atomic E-state index is 0.128. The van der Waals surface area contributed by atoms with Gasteiger partial charge in [-0.1, -0.05) is 23.2 Å². The molecule has 0 aliphatic carbocycles. The van der Waals surface area contributed by atoms with Crippen molar-refractivity contribution in [2.75, 3.05) is 6.54 Å². The lowest BCUT2D eigenvalue weighted by atomic mass is 10.0. The highest BCUT2D eigenvalue weighted by Crippen LogP contribution is 2.33. The van der Waals surface area contributed by atoms with E-state index >= 15 is 0 Å². The van der Waals surface area contributed by atoms with Crippen molar-refractivity contribution in [3.8, 4) is 0 Å². The Bertz CT molecular complexity index is 420. The van der Waals surface area contributed by atoms with Crippen molar-refractivity contribution in [3.63, 3.8) is 0 Å². The molecule has 2 nitrogen and oxygen atoms in total. The van der Waals surface area contributed by atoms with Gasteiger partial charge in [0.05, 0.1) is 10.6 Å². The number of fused-ring (bicyclic) bond motifs is 1. The summed E-state index contributed by atoms with van der Waals surface area (Å²) in [4.78, 5) is 11.6. The predicted molar refractivity (Wildman–Crippen MR) is 65.2 cm³/mol. The summed E-state index contributed by atoms with van der Waals surface area (Å²) in [5, 5.41) is 3.88.